The van der Waals surface area contributed by atoms with E-state index in [9.17, 15) is 4.39 Å². The molecule has 2 nitrogen and oxygen atoms in total. The summed E-state index contributed by atoms with van der Waals surface area (Å²) in [5, 5.41) is 5.60. The molecule has 0 aliphatic carbocycles. The Bertz CT molecular complexity index is 918. The zero-order valence-electron chi connectivity index (χ0n) is 12.3. The van der Waals surface area contributed by atoms with E-state index >= 15 is 0 Å². The molecule has 0 radical (unpaired) electrons. The van der Waals surface area contributed by atoms with Crippen molar-refractivity contribution in [2.24, 2.45) is 0 Å². The summed E-state index contributed by atoms with van der Waals surface area (Å²) < 4.78 is 14.9. The number of benzene rings is 2. The summed E-state index contributed by atoms with van der Waals surface area (Å²) in [5.74, 6) is 0. The Hall–Kier alpha value is -2.55. The van der Waals surface area contributed by atoms with Gasteiger partial charge in [-0.1, -0.05) is 30.8 Å². The molecule has 110 valence electrons. The molecule has 0 bridgehead atoms. The lowest BCUT2D eigenvalue weighted by Gasteiger charge is -2.16. The highest BCUT2D eigenvalue weighted by Crippen LogP contribution is 2.36. The molecule has 1 aliphatic rings. The lowest BCUT2D eigenvalue weighted by atomic mass is 9.97. The Morgan fingerprint density at radius 2 is 1.95 bits per heavy atom. The Balaban J connectivity index is 2.12. The van der Waals surface area contributed by atoms with Crippen molar-refractivity contribution in [2.45, 2.75) is 13.0 Å². The molecule has 0 saturated carbocycles. The number of nitrogens with one attached hydrogen (secondary N) is 1. The third kappa shape index (κ3) is 1.78. The number of fused-ring (bicyclic) bond motifs is 5. The molecule has 0 fully saturated rings. The second-order valence-corrected chi connectivity index (χ2v) is 5.59. The van der Waals surface area contributed by atoms with E-state index in [4.69, 9.17) is 0 Å². The van der Waals surface area contributed by atoms with Crippen LogP contribution in [0.4, 0.5) is 4.39 Å². The second kappa shape index (κ2) is 5.02. The predicted molar refractivity (Wildman–Crippen MR) is 91.2 cm³/mol. The maximum atomic E-state index is 12.7. The van der Waals surface area contributed by atoms with Gasteiger partial charge in [0, 0.05) is 45.8 Å². The number of hydrogen-bond acceptors (Lipinski definition) is 1. The van der Waals surface area contributed by atoms with E-state index in [2.05, 4.69) is 52.9 Å². The molecule has 3 aromatic rings. The first-order valence-electron chi connectivity index (χ1n) is 7.53. The molecule has 0 atom stereocenters. The third-order valence-corrected chi connectivity index (χ3v) is 4.33. The molecule has 3 heteroatoms. The van der Waals surface area contributed by atoms with Crippen LogP contribution in [0.1, 0.15) is 17.5 Å². The summed E-state index contributed by atoms with van der Waals surface area (Å²) in [6.45, 7) is 4.48. The summed E-state index contributed by atoms with van der Waals surface area (Å²) in [6.07, 6.45) is 4.56. The zero-order chi connectivity index (χ0) is 15.1. The molecule has 22 heavy (non-hydrogen) atoms. The van der Waals surface area contributed by atoms with Crippen LogP contribution in [0.15, 0.2) is 49.2 Å². The number of halogens is 1. The van der Waals surface area contributed by atoms with E-state index in [1.54, 1.807) is 0 Å². The standard InChI is InChI=1S/C19H17FN2/c1-13-14-7-8-18-19(15(14)9-11-21-13)16-5-2-3-6-17(16)22(18)12-4-10-20/h2-3,5-9,11,21H,1,4,10,12H2. The van der Waals surface area contributed by atoms with Gasteiger partial charge in [-0.05, 0) is 30.2 Å². The lowest BCUT2D eigenvalue weighted by molar-refractivity contribution is 0.452. The van der Waals surface area contributed by atoms with Gasteiger partial charge in [-0.2, -0.15) is 0 Å². The van der Waals surface area contributed by atoms with Crippen LogP contribution in [0.2, 0.25) is 0 Å². The largest absolute Gasteiger partial charge is 0.362 e. The molecule has 0 spiro atoms. The third-order valence-electron chi connectivity index (χ3n) is 4.33. The van der Waals surface area contributed by atoms with Gasteiger partial charge in [0.05, 0.1) is 6.67 Å². The van der Waals surface area contributed by atoms with E-state index in [-0.39, 0.29) is 6.67 Å². The van der Waals surface area contributed by atoms with Crippen LogP contribution in [-0.4, -0.2) is 11.2 Å². The van der Waals surface area contributed by atoms with Gasteiger partial charge in [0.15, 0.2) is 0 Å². The Kier molecular flexibility index (Phi) is 3.00. The summed E-state index contributed by atoms with van der Waals surface area (Å²) in [4.78, 5) is 0. The quantitative estimate of drug-likeness (QED) is 0.740. The maximum absolute atomic E-state index is 12.7. The van der Waals surface area contributed by atoms with Crippen LogP contribution in [0, 0.1) is 0 Å². The van der Waals surface area contributed by atoms with E-state index in [1.807, 2.05) is 12.3 Å². The zero-order valence-corrected chi connectivity index (χ0v) is 12.3. The first-order valence-corrected chi connectivity index (χ1v) is 7.53. The number of para-hydroxylation sites is 1. The first kappa shape index (κ1) is 13.1. The van der Waals surface area contributed by atoms with Gasteiger partial charge >= 0.3 is 0 Å². The summed E-state index contributed by atoms with van der Waals surface area (Å²) in [7, 11) is 0. The molecule has 1 N–H and O–H groups in total. The molecule has 0 amide bonds. The topological polar surface area (TPSA) is 17.0 Å². The fourth-order valence-corrected chi connectivity index (χ4v) is 3.36. The van der Waals surface area contributed by atoms with Crippen LogP contribution in [0.5, 0.6) is 0 Å². The summed E-state index contributed by atoms with van der Waals surface area (Å²) >= 11 is 0. The molecule has 0 unspecified atom stereocenters. The van der Waals surface area contributed by atoms with Gasteiger partial charge < -0.3 is 9.88 Å². The Labute approximate surface area is 128 Å². The summed E-state index contributed by atoms with van der Waals surface area (Å²) in [6, 6.07) is 12.6. The molecular weight excluding hydrogens is 275 g/mol. The van der Waals surface area contributed by atoms with Crippen molar-refractivity contribution >= 4 is 33.6 Å². The number of aryl methyl sites for hydroxylation is 1. The minimum atomic E-state index is -0.292. The van der Waals surface area contributed by atoms with Crippen LogP contribution in [0.25, 0.3) is 33.6 Å². The maximum Gasteiger partial charge on any atom is 0.0911 e. The Morgan fingerprint density at radius 3 is 2.82 bits per heavy atom. The molecule has 2 aromatic carbocycles. The van der Waals surface area contributed by atoms with Gasteiger partial charge in [-0.15, -0.1) is 0 Å². The average molecular weight is 292 g/mol. The van der Waals surface area contributed by atoms with Crippen molar-refractivity contribution < 1.29 is 4.39 Å². The first-order chi connectivity index (χ1) is 10.8. The van der Waals surface area contributed by atoms with Gasteiger partial charge in [0.1, 0.15) is 0 Å². The lowest BCUT2D eigenvalue weighted by Crippen LogP contribution is -2.08. The van der Waals surface area contributed by atoms with Crippen LogP contribution >= 0.6 is 0 Å². The molecule has 4 rings (SSSR count). The van der Waals surface area contributed by atoms with Gasteiger partial charge in [0.25, 0.3) is 0 Å². The van der Waals surface area contributed by atoms with E-state index in [0.717, 1.165) is 22.3 Å². The smallest absolute Gasteiger partial charge is 0.0911 e. The molecule has 2 heterocycles. The van der Waals surface area contributed by atoms with Gasteiger partial charge in [-0.25, -0.2) is 0 Å². The van der Waals surface area contributed by atoms with Crippen molar-refractivity contribution in [3.63, 3.8) is 0 Å². The molecule has 1 aromatic heterocycles. The van der Waals surface area contributed by atoms with Crippen molar-refractivity contribution in [3.8, 4) is 0 Å². The fourth-order valence-electron chi connectivity index (χ4n) is 3.36. The minimum Gasteiger partial charge on any atom is -0.362 e. The average Bonchev–Trinajstić information content (AvgIpc) is 2.87. The highest BCUT2D eigenvalue weighted by molar-refractivity contribution is 6.13. The van der Waals surface area contributed by atoms with Crippen LogP contribution in [0.3, 0.4) is 0 Å². The Morgan fingerprint density at radius 1 is 1.09 bits per heavy atom. The number of aromatic nitrogens is 1. The number of alkyl halides is 1. The number of hydrogen-bond donors (Lipinski definition) is 1. The highest BCUT2D eigenvalue weighted by atomic mass is 19.1. The summed E-state index contributed by atoms with van der Waals surface area (Å²) in [5.41, 5.74) is 5.56. The predicted octanol–water partition coefficient (Wildman–Crippen LogP) is 4.70. The SMILES string of the molecule is C=C1NC=Cc2c1ccc1c2c2ccccc2n1CCCF. The van der Waals surface area contributed by atoms with Crippen molar-refractivity contribution in [2.75, 3.05) is 6.67 Å². The van der Waals surface area contributed by atoms with E-state index in [0.29, 0.717) is 13.0 Å². The van der Waals surface area contributed by atoms with E-state index in [1.165, 1.54) is 16.3 Å². The highest BCUT2D eigenvalue weighted by Gasteiger charge is 2.17. The molecule has 0 saturated heterocycles. The molecule has 1 aliphatic heterocycles. The van der Waals surface area contributed by atoms with E-state index < -0.39 is 0 Å². The fraction of sp³-hybridized carbons (Fsp3) is 0.158. The molecular formula is C19H17FN2. The minimum absolute atomic E-state index is 0.292. The van der Waals surface area contributed by atoms with Gasteiger partial charge in [-0.3, -0.25) is 4.39 Å². The number of nitrogens with zero attached hydrogens (tertiary/aromatic N) is 1. The van der Waals surface area contributed by atoms with Crippen molar-refractivity contribution in [3.05, 3.63) is 60.3 Å². The van der Waals surface area contributed by atoms with Crippen LogP contribution in [-0.2, 0) is 6.54 Å². The van der Waals surface area contributed by atoms with Crippen molar-refractivity contribution in [1.29, 1.82) is 0 Å². The monoisotopic (exact) mass is 292 g/mol. The van der Waals surface area contributed by atoms with Crippen LogP contribution < -0.4 is 5.32 Å². The van der Waals surface area contributed by atoms with Crippen molar-refractivity contribution in [1.82, 2.24) is 9.88 Å². The second-order valence-electron chi connectivity index (χ2n) is 5.59. The van der Waals surface area contributed by atoms with Gasteiger partial charge in [0.2, 0.25) is 0 Å². The normalized spacial score (nSPS) is 13.6. The number of rotatable bonds is 3.